The zero-order chi connectivity index (χ0) is 19.2. The molecule has 1 heterocycles. The van der Waals surface area contributed by atoms with Crippen molar-refractivity contribution >= 4 is 11.7 Å². The largest absolute Gasteiger partial charge is 0.350 e. The van der Waals surface area contributed by atoms with E-state index in [2.05, 4.69) is 5.32 Å². The van der Waals surface area contributed by atoms with Gasteiger partial charge in [0.15, 0.2) is 11.8 Å². The molecule has 0 radical (unpaired) electrons. The Morgan fingerprint density at radius 3 is 2.26 bits per heavy atom. The topological polar surface area (TPSA) is 68.2 Å². The number of Topliss-reactive ketones (excluding diaryl/α,β-unsaturated/α-hetero) is 1. The molecule has 0 saturated heterocycles. The third kappa shape index (κ3) is 4.36. The van der Waals surface area contributed by atoms with Crippen LogP contribution in [0.4, 0.5) is 4.39 Å². The van der Waals surface area contributed by atoms with Crippen LogP contribution < -0.4 is 10.9 Å². The Balaban J connectivity index is 1.91. The van der Waals surface area contributed by atoms with Crippen LogP contribution in [-0.2, 0) is 11.3 Å². The van der Waals surface area contributed by atoms with Crippen LogP contribution in [0.2, 0.25) is 0 Å². The molecule has 27 heavy (non-hydrogen) atoms. The lowest BCUT2D eigenvalue weighted by Gasteiger charge is -2.18. The predicted octanol–water partition coefficient (Wildman–Crippen LogP) is 2.73. The molecule has 1 aromatic heterocycles. The van der Waals surface area contributed by atoms with E-state index in [1.54, 1.807) is 6.07 Å². The highest BCUT2D eigenvalue weighted by Crippen LogP contribution is 2.15. The first-order chi connectivity index (χ1) is 13.1. The minimum Gasteiger partial charge on any atom is -0.350 e. The first-order valence-electron chi connectivity index (χ1n) is 8.35. The number of hydrogen-bond donors (Lipinski definition) is 1. The number of halogens is 1. The van der Waals surface area contributed by atoms with Crippen LogP contribution in [-0.4, -0.2) is 16.3 Å². The first-order valence-corrected chi connectivity index (χ1v) is 8.35. The lowest BCUT2D eigenvalue weighted by molar-refractivity contribution is -0.123. The molecule has 0 aliphatic heterocycles. The second-order valence-electron chi connectivity index (χ2n) is 5.92. The lowest BCUT2D eigenvalue weighted by Crippen LogP contribution is -2.41. The summed E-state index contributed by atoms with van der Waals surface area (Å²) in [7, 11) is 0. The van der Waals surface area contributed by atoms with Gasteiger partial charge in [-0.15, -0.1) is 0 Å². The van der Waals surface area contributed by atoms with Crippen LogP contribution in [0.5, 0.6) is 0 Å². The number of carbonyl (C=O) groups excluding carboxylic acids is 2. The molecule has 0 fully saturated rings. The Kier molecular flexibility index (Phi) is 5.56. The number of amides is 1. The molecule has 1 N–H and O–H groups in total. The number of nitrogens with zero attached hydrogens (tertiary/aromatic N) is 1. The summed E-state index contributed by atoms with van der Waals surface area (Å²) < 4.78 is 14.2. The molecule has 6 heteroatoms. The van der Waals surface area contributed by atoms with Crippen molar-refractivity contribution in [1.82, 2.24) is 9.88 Å². The SMILES string of the molecule is O=C(NCc1ccccc1)[C@@H](C(=O)c1ccc(F)cc1)n1ccccc1=O. The molecule has 1 amide bonds. The maximum atomic E-state index is 13.2. The first kappa shape index (κ1) is 18.3. The third-order valence-electron chi connectivity index (χ3n) is 4.06. The van der Waals surface area contributed by atoms with Crippen LogP contribution in [0.3, 0.4) is 0 Å². The second kappa shape index (κ2) is 8.23. The number of hydrogen-bond acceptors (Lipinski definition) is 3. The summed E-state index contributed by atoms with van der Waals surface area (Å²) >= 11 is 0. The molecule has 0 unspecified atom stereocenters. The zero-order valence-corrected chi connectivity index (χ0v) is 14.3. The summed E-state index contributed by atoms with van der Waals surface area (Å²) in [4.78, 5) is 37.9. The molecular formula is C21H17FN2O3. The quantitative estimate of drug-likeness (QED) is 0.540. The molecule has 136 valence electrons. The Morgan fingerprint density at radius 2 is 1.59 bits per heavy atom. The number of pyridine rings is 1. The smallest absolute Gasteiger partial charge is 0.251 e. The van der Waals surface area contributed by atoms with E-state index in [4.69, 9.17) is 0 Å². The minimum atomic E-state index is -1.38. The fourth-order valence-corrected chi connectivity index (χ4v) is 2.68. The molecule has 0 saturated carbocycles. The molecule has 0 aliphatic rings. The highest BCUT2D eigenvalue weighted by Gasteiger charge is 2.29. The van der Waals surface area contributed by atoms with Gasteiger partial charge in [0.25, 0.3) is 11.5 Å². The van der Waals surface area contributed by atoms with E-state index in [1.165, 1.54) is 30.5 Å². The number of rotatable bonds is 6. The summed E-state index contributed by atoms with van der Waals surface area (Å²) in [5.41, 5.74) is 0.527. The predicted molar refractivity (Wildman–Crippen MR) is 98.8 cm³/mol. The van der Waals surface area contributed by atoms with Crippen LogP contribution in [0.1, 0.15) is 22.0 Å². The fraction of sp³-hybridized carbons (Fsp3) is 0.0952. The number of nitrogens with one attached hydrogen (secondary N) is 1. The van der Waals surface area contributed by atoms with E-state index in [0.29, 0.717) is 0 Å². The second-order valence-corrected chi connectivity index (χ2v) is 5.92. The Morgan fingerprint density at radius 1 is 0.926 bits per heavy atom. The van der Waals surface area contributed by atoms with Gasteiger partial charge in [-0.25, -0.2) is 4.39 Å². The average molecular weight is 364 g/mol. The van der Waals surface area contributed by atoms with Crippen molar-refractivity contribution in [3.8, 4) is 0 Å². The molecule has 0 bridgehead atoms. The maximum Gasteiger partial charge on any atom is 0.251 e. The summed E-state index contributed by atoms with van der Waals surface area (Å²) in [6.07, 6.45) is 1.39. The van der Waals surface area contributed by atoms with Gasteiger partial charge in [-0.1, -0.05) is 36.4 Å². The number of benzene rings is 2. The van der Waals surface area contributed by atoms with Crippen molar-refractivity contribution in [2.24, 2.45) is 0 Å². The number of carbonyl (C=O) groups is 2. The van der Waals surface area contributed by atoms with E-state index in [1.807, 2.05) is 30.3 Å². The van der Waals surface area contributed by atoms with Crippen molar-refractivity contribution in [3.05, 3.63) is 106 Å². The number of ketones is 1. The van der Waals surface area contributed by atoms with E-state index in [-0.39, 0.29) is 12.1 Å². The van der Waals surface area contributed by atoms with Gasteiger partial charge in [0, 0.05) is 24.4 Å². The Bertz CT molecular complexity index is 998. The Hall–Kier alpha value is -3.54. The monoisotopic (exact) mass is 364 g/mol. The van der Waals surface area contributed by atoms with Crippen molar-refractivity contribution in [1.29, 1.82) is 0 Å². The minimum absolute atomic E-state index is 0.145. The van der Waals surface area contributed by atoms with Crippen LogP contribution >= 0.6 is 0 Å². The third-order valence-corrected chi connectivity index (χ3v) is 4.06. The molecule has 0 spiro atoms. The summed E-state index contributed by atoms with van der Waals surface area (Å²) in [5.74, 6) is -1.69. The average Bonchev–Trinajstić information content (AvgIpc) is 2.69. The normalized spacial score (nSPS) is 11.6. The van der Waals surface area contributed by atoms with Gasteiger partial charge >= 0.3 is 0 Å². The lowest BCUT2D eigenvalue weighted by atomic mass is 10.0. The standard InChI is InChI=1S/C21H17FN2O3/c22-17-11-9-16(10-12-17)20(26)19(24-13-5-4-8-18(24)25)21(27)23-14-15-6-2-1-3-7-15/h1-13,19H,14H2,(H,23,27)/t19-/m1/s1. The van der Waals surface area contributed by atoms with Crippen molar-refractivity contribution in [2.45, 2.75) is 12.6 Å². The molecule has 5 nitrogen and oxygen atoms in total. The van der Waals surface area contributed by atoms with E-state index in [0.717, 1.165) is 22.3 Å². The van der Waals surface area contributed by atoms with Gasteiger partial charge in [0.2, 0.25) is 0 Å². The summed E-state index contributed by atoms with van der Waals surface area (Å²) in [5, 5.41) is 2.69. The molecular weight excluding hydrogens is 347 g/mol. The zero-order valence-electron chi connectivity index (χ0n) is 14.3. The highest BCUT2D eigenvalue weighted by atomic mass is 19.1. The highest BCUT2D eigenvalue weighted by molar-refractivity contribution is 6.11. The molecule has 0 aliphatic carbocycles. The fourth-order valence-electron chi connectivity index (χ4n) is 2.68. The van der Waals surface area contributed by atoms with E-state index < -0.39 is 29.1 Å². The van der Waals surface area contributed by atoms with E-state index >= 15 is 0 Å². The van der Waals surface area contributed by atoms with Gasteiger partial charge in [0.05, 0.1) is 0 Å². The van der Waals surface area contributed by atoms with Crippen molar-refractivity contribution in [2.75, 3.05) is 0 Å². The molecule has 2 aromatic carbocycles. The number of aromatic nitrogens is 1. The van der Waals surface area contributed by atoms with Crippen LogP contribution in [0, 0.1) is 5.82 Å². The van der Waals surface area contributed by atoms with Gasteiger partial charge in [-0.3, -0.25) is 19.0 Å². The molecule has 1 atom stereocenters. The van der Waals surface area contributed by atoms with Crippen LogP contribution in [0.25, 0.3) is 0 Å². The molecule has 3 rings (SSSR count). The van der Waals surface area contributed by atoms with Gasteiger partial charge in [-0.05, 0) is 35.9 Å². The Labute approximate surface area is 155 Å². The summed E-state index contributed by atoms with van der Waals surface area (Å²) in [6, 6.07) is 17.1. The van der Waals surface area contributed by atoms with Crippen LogP contribution in [0.15, 0.2) is 83.8 Å². The van der Waals surface area contributed by atoms with Gasteiger partial charge < -0.3 is 5.32 Å². The van der Waals surface area contributed by atoms with E-state index in [9.17, 15) is 18.8 Å². The van der Waals surface area contributed by atoms with Gasteiger partial charge in [0.1, 0.15) is 5.82 Å². The maximum absolute atomic E-state index is 13.2. The summed E-state index contributed by atoms with van der Waals surface area (Å²) in [6.45, 7) is 0.217. The van der Waals surface area contributed by atoms with Crippen molar-refractivity contribution < 1.29 is 14.0 Å². The van der Waals surface area contributed by atoms with Gasteiger partial charge in [-0.2, -0.15) is 0 Å². The van der Waals surface area contributed by atoms with Crippen molar-refractivity contribution in [3.63, 3.8) is 0 Å². The molecule has 3 aromatic rings.